The first-order valence-electron chi connectivity index (χ1n) is 9.03. The summed E-state index contributed by atoms with van der Waals surface area (Å²) in [7, 11) is 0. The standard InChI is InChI=1S/C20H25N3O/c1-15-13-21-22-18(15)12-16-6-5-11-23(14-16)19(24)20(9-10-20)17-7-3-2-4-8-17/h2-4,7-8,13,16H,5-6,9-12,14H2,1H3,(H,21,22). The lowest BCUT2D eigenvalue weighted by Crippen LogP contribution is -2.45. The Hall–Kier alpha value is -2.10. The van der Waals surface area contributed by atoms with E-state index >= 15 is 0 Å². The normalized spacial score (nSPS) is 22.4. The number of hydrogen-bond acceptors (Lipinski definition) is 2. The fraction of sp³-hybridized carbons (Fsp3) is 0.500. The molecule has 0 spiro atoms. The van der Waals surface area contributed by atoms with Crippen molar-refractivity contribution in [3.8, 4) is 0 Å². The summed E-state index contributed by atoms with van der Waals surface area (Å²) < 4.78 is 0. The van der Waals surface area contributed by atoms with Crippen LogP contribution in [-0.2, 0) is 16.6 Å². The fourth-order valence-electron chi connectivity index (χ4n) is 4.10. The largest absolute Gasteiger partial charge is 0.342 e. The zero-order valence-electron chi connectivity index (χ0n) is 14.3. The third-order valence-electron chi connectivity index (χ3n) is 5.72. The summed E-state index contributed by atoms with van der Waals surface area (Å²) in [5.41, 5.74) is 3.41. The molecule has 1 aromatic carbocycles. The number of rotatable bonds is 4. The predicted octanol–water partition coefficient (Wildman–Crippen LogP) is 3.23. The monoisotopic (exact) mass is 323 g/mol. The van der Waals surface area contributed by atoms with Crippen LogP contribution in [0.1, 0.15) is 42.5 Å². The Morgan fingerprint density at radius 3 is 2.79 bits per heavy atom. The van der Waals surface area contributed by atoms with Gasteiger partial charge in [0.1, 0.15) is 0 Å². The number of carbonyl (C=O) groups excluding carboxylic acids is 1. The van der Waals surface area contributed by atoms with Crippen molar-refractivity contribution in [3.05, 3.63) is 53.3 Å². The number of aryl methyl sites for hydroxylation is 1. The van der Waals surface area contributed by atoms with Crippen molar-refractivity contribution < 1.29 is 4.79 Å². The lowest BCUT2D eigenvalue weighted by Gasteiger charge is -2.35. The quantitative estimate of drug-likeness (QED) is 0.939. The molecule has 1 unspecified atom stereocenters. The van der Waals surface area contributed by atoms with Crippen molar-refractivity contribution in [2.45, 2.75) is 44.4 Å². The highest BCUT2D eigenvalue weighted by Gasteiger charge is 2.53. The van der Waals surface area contributed by atoms with Crippen LogP contribution in [0.5, 0.6) is 0 Å². The van der Waals surface area contributed by atoms with Crippen molar-refractivity contribution in [3.63, 3.8) is 0 Å². The molecule has 2 fully saturated rings. The molecule has 126 valence electrons. The third-order valence-corrected chi connectivity index (χ3v) is 5.72. The molecule has 1 aliphatic carbocycles. The minimum Gasteiger partial charge on any atom is -0.342 e. The van der Waals surface area contributed by atoms with Crippen LogP contribution < -0.4 is 0 Å². The fourth-order valence-corrected chi connectivity index (χ4v) is 4.10. The van der Waals surface area contributed by atoms with E-state index in [-0.39, 0.29) is 5.41 Å². The molecule has 1 amide bonds. The van der Waals surface area contributed by atoms with Gasteiger partial charge in [0, 0.05) is 18.8 Å². The number of carbonyl (C=O) groups is 1. The summed E-state index contributed by atoms with van der Waals surface area (Å²) in [4.78, 5) is 15.3. The highest BCUT2D eigenvalue weighted by molar-refractivity contribution is 5.91. The summed E-state index contributed by atoms with van der Waals surface area (Å²) in [5.74, 6) is 0.883. The number of nitrogens with zero attached hydrogens (tertiary/aromatic N) is 2. The van der Waals surface area contributed by atoms with Crippen LogP contribution in [0.25, 0.3) is 0 Å². The van der Waals surface area contributed by atoms with E-state index in [1.807, 2.05) is 24.4 Å². The van der Waals surface area contributed by atoms with Gasteiger partial charge in [0.05, 0.1) is 11.6 Å². The van der Waals surface area contributed by atoms with Crippen LogP contribution in [0, 0.1) is 12.8 Å². The molecule has 1 saturated heterocycles. The highest BCUT2D eigenvalue weighted by Crippen LogP contribution is 2.50. The molecule has 2 aliphatic rings. The van der Waals surface area contributed by atoms with Crippen LogP contribution in [0.15, 0.2) is 36.5 Å². The van der Waals surface area contributed by atoms with Crippen molar-refractivity contribution in [1.82, 2.24) is 15.1 Å². The summed E-state index contributed by atoms with van der Waals surface area (Å²) in [6.07, 6.45) is 7.17. The Balaban J connectivity index is 1.46. The minimum atomic E-state index is -0.229. The summed E-state index contributed by atoms with van der Waals surface area (Å²) >= 11 is 0. The van der Waals surface area contributed by atoms with E-state index < -0.39 is 0 Å². The molecule has 4 nitrogen and oxygen atoms in total. The van der Waals surface area contributed by atoms with E-state index in [9.17, 15) is 4.79 Å². The van der Waals surface area contributed by atoms with E-state index in [2.05, 4.69) is 34.2 Å². The van der Waals surface area contributed by atoms with Crippen molar-refractivity contribution in [2.24, 2.45) is 5.92 Å². The van der Waals surface area contributed by atoms with E-state index in [0.717, 1.165) is 38.8 Å². The first-order valence-corrected chi connectivity index (χ1v) is 9.03. The lowest BCUT2D eigenvalue weighted by molar-refractivity contribution is -0.135. The van der Waals surface area contributed by atoms with E-state index in [0.29, 0.717) is 11.8 Å². The van der Waals surface area contributed by atoms with Crippen molar-refractivity contribution in [1.29, 1.82) is 0 Å². The molecular weight excluding hydrogens is 298 g/mol. The minimum absolute atomic E-state index is 0.229. The molecule has 4 heteroatoms. The Kier molecular flexibility index (Phi) is 3.91. The number of nitrogens with one attached hydrogen (secondary N) is 1. The van der Waals surface area contributed by atoms with Gasteiger partial charge in [-0.25, -0.2) is 0 Å². The lowest BCUT2D eigenvalue weighted by atomic mass is 9.89. The third kappa shape index (κ3) is 2.74. The van der Waals surface area contributed by atoms with Crippen molar-refractivity contribution >= 4 is 5.91 Å². The second-order valence-corrected chi connectivity index (χ2v) is 7.44. The van der Waals surface area contributed by atoms with Gasteiger partial charge >= 0.3 is 0 Å². The van der Waals surface area contributed by atoms with Gasteiger partial charge in [-0.05, 0) is 56.1 Å². The number of piperidine rings is 1. The SMILES string of the molecule is Cc1cn[nH]c1CC1CCCN(C(=O)C2(c3ccccc3)CC2)C1. The second-order valence-electron chi connectivity index (χ2n) is 7.44. The van der Waals surface area contributed by atoms with Crippen LogP contribution >= 0.6 is 0 Å². The molecule has 24 heavy (non-hydrogen) atoms. The van der Waals surface area contributed by atoms with Gasteiger partial charge in [-0.15, -0.1) is 0 Å². The number of likely N-dealkylation sites (tertiary alicyclic amines) is 1. The number of benzene rings is 1. The molecule has 2 heterocycles. The first kappa shape index (κ1) is 15.4. The van der Waals surface area contributed by atoms with Crippen LogP contribution in [0.2, 0.25) is 0 Å². The van der Waals surface area contributed by atoms with E-state index in [1.165, 1.54) is 23.2 Å². The molecule has 1 N–H and O–H groups in total. The van der Waals surface area contributed by atoms with Gasteiger partial charge in [-0.3, -0.25) is 9.89 Å². The summed E-state index contributed by atoms with van der Waals surface area (Å²) in [6.45, 7) is 3.89. The Morgan fingerprint density at radius 2 is 2.12 bits per heavy atom. The average Bonchev–Trinajstić information content (AvgIpc) is 3.34. The average molecular weight is 323 g/mol. The molecule has 2 aromatic rings. The molecular formula is C20H25N3O. The molecule has 1 aliphatic heterocycles. The van der Waals surface area contributed by atoms with Gasteiger partial charge in [0.15, 0.2) is 0 Å². The molecule has 1 aromatic heterocycles. The van der Waals surface area contributed by atoms with Gasteiger partial charge in [-0.2, -0.15) is 5.10 Å². The van der Waals surface area contributed by atoms with E-state index in [4.69, 9.17) is 0 Å². The summed E-state index contributed by atoms with van der Waals surface area (Å²) in [6, 6.07) is 10.3. The highest BCUT2D eigenvalue weighted by atomic mass is 16.2. The van der Waals surface area contributed by atoms with Gasteiger partial charge in [0.2, 0.25) is 5.91 Å². The Morgan fingerprint density at radius 1 is 1.33 bits per heavy atom. The maximum atomic E-state index is 13.2. The van der Waals surface area contributed by atoms with Gasteiger partial charge in [-0.1, -0.05) is 30.3 Å². The number of hydrogen-bond donors (Lipinski definition) is 1. The molecule has 1 atom stereocenters. The number of H-pyrrole nitrogens is 1. The van der Waals surface area contributed by atoms with Gasteiger partial charge < -0.3 is 4.90 Å². The molecule has 4 rings (SSSR count). The number of aromatic nitrogens is 2. The Labute approximate surface area is 143 Å². The van der Waals surface area contributed by atoms with Crippen LogP contribution in [0.3, 0.4) is 0 Å². The number of amides is 1. The molecule has 1 saturated carbocycles. The van der Waals surface area contributed by atoms with Crippen LogP contribution in [0.4, 0.5) is 0 Å². The first-order chi connectivity index (χ1) is 11.7. The predicted molar refractivity (Wildman–Crippen MR) is 93.7 cm³/mol. The zero-order chi connectivity index (χ0) is 16.6. The molecule has 0 radical (unpaired) electrons. The Bertz CT molecular complexity index is 717. The second kappa shape index (κ2) is 6.08. The van der Waals surface area contributed by atoms with Crippen LogP contribution in [-0.4, -0.2) is 34.1 Å². The van der Waals surface area contributed by atoms with E-state index in [1.54, 1.807) is 0 Å². The van der Waals surface area contributed by atoms with Crippen molar-refractivity contribution in [2.75, 3.05) is 13.1 Å². The molecule has 0 bridgehead atoms. The van der Waals surface area contributed by atoms with Gasteiger partial charge in [0.25, 0.3) is 0 Å². The topological polar surface area (TPSA) is 49.0 Å². The summed E-state index contributed by atoms with van der Waals surface area (Å²) in [5, 5.41) is 7.24. The maximum Gasteiger partial charge on any atom is 0.233 e. The smallest absolute Gasteiger partial charge is 0.233 e. The zero-order valence-corrected chi connectivity index (χ0v) is 14.3. The maximum absolute atomic E-state index is 13.2. The number of aromatic amines is 1.